The maximum atomic E-state index is 13.2. The largest absolute Gasteiger partial charge is 0.316 e. The average molecular weight is 242 g/mol. The Hall–Kier alpha value is -0.930. The van der Waals surface area contributed by atoms with E-state index in [4.69, 9.17) is 11.6 Å². The third-order valence-corrected chi connectivity index (χ3v) is 3.34. The van der Waals surface area contributed by atoms with Gasteiger partial charge in [-0.2, -0.15) is 0 Å². The summed E-state index contributed by atoms with van der Waals surface area (Å²) < 4.78 is 13.2. The van der Waals surface area contributed by atoms with Gasteiger partial charge in [0.15, 0.2) is 0 Å². The molecule has 0 spiro atoms. The predicted octanol–water partition coefficient (Wildman–Crippen LogP) is 2.20. The molecule has 0 amide bonds. The monoisotopic (exact) mass is 241 g/mol. The van der Waals surface area contributed by atoms with E-state index in [-0.39, 0.29) is 23.1 Å². The van der Waals surface area contributed by atoms with E-state index >= 15 is 0 Å². The Morgan fingerprint density at radius 1 is 1.56 bits per heavy atom. The van der Waals surface area contributed by atoms with Crippen LogP contribution in [0, 0.1) is 11.7 Å². The number of hydrogen-bond acceptors (Lipinski definition) is 2. The molecule has 0 bridgehead atoms. The van der Waals surface area contributed by atoms with Crippen molar-refractivity contribution in [2.45, 2.75) is 12.8 Å². The fourth-order valence-electron chi connectivity index (χ4n) is 1.95. The molecule has 4 heteroatoms. The Kier molecular flexibility index (Phi) is 3.56. The van der Waals surface area contributed by atoms with Gasteiger partial charge in [-0.3, -0.25) is 4.79 Å². The van der Waals surface area contributed by atoms with E-state index in [9.17, 15) is 9.18 Å². The minimum atomic E-state index is -0.462. The first-order valence-corrected chi connectivity index (χ1v) is 5.72. The van der Waals surface area contributed by atoms with Gasteiger partial charge in [-0.25, -0.2) is 4.39 Å². The van der Waals surface area contributed by atoms with Crippen molar-refractivity contribution in [1.29, 1.82) is 0 Å². The van der Waals surface area contributed by atoms with E-state index in [0.29, 0.717) is 5.56 Å². The molecule has 0 saturated carbocycles. The highest BCUT2D eigenvalue weighted by Gasteiger charge is 2.23. The average Bonchev–Trinajstić information content (AvgIpc) is 2.78. The molecule has 1 fully saturated rings. The number of rotatable bonds is 3. The minimum Gasteiger partial charge on any atom is -0.316 e. The lowest BCUT2D eigenvalue weighted by atomic mass is 9.97. The molecule has 1 aromatic carbocycles. The second kappa shape index (κ2) is 4.93. The number of carbonyl (C=O) groups is 1. The zero-order valence-corrected chi connectivity index (χ0v) is 9.56. The first kappa shape index (κ1) is 11.6. The van der Waals surface area contributed by atoms with E-state index < -0.39 is 5.82 Å². The predicted molar refractivity (Wildman–Crippen MR) is 61.1 cm³/mol. The van der Waals surface area contributed by atoms with Crippen LogP contribution in [0.1, 0.15) is 12.0 Å². The Labute approximate surface area is 98.8 Å². The molecule has 1 atom stereocenters. The van der Waals surface area contributed by atoms with Crippen LogP contribution in [0.5, 0.6) is 0 Å². The second-order valence-corrected chi connectivity index (χ2v) is 4.42. The van der Waals surface area contributed by atoms with Crippen molar-refractivity contribution < 1.29 is 9.18 Å². The van der Waals surface area contributed by atoms with Crippen LogP contribution in [0.4, 0.5) is 4.39 Å². The Morgan fingerprint density at radius 2 is 2.38 bits per heavy atom. The van der Waals surface area contributed by atoms with Crippen LogP contribution in [0.3, 0.4) is 0 Å². The molecule has 0 aromatic heterocycles. The highest BCUT2D eigenvalue weighted by atomic mass is 35.5. The molecule has 2 rings (SSSR count). The topological polar surface area (TPSA) is 29.1 Å². The molecular formula is C12H13ClFNO. The van der Waals surface area contributed by atoms with Crippen molar-refractivity contribution >= 4 is 17.4 Å². The fourth-order valence-corrected chi connectivity index (χ4v) is 2.14. The van der Waals surface area contributed by atoms with Crippen LogP contribution in [0.25, 0.3) is 0 Å². The number of nitrogens with one attached hydrogen (secondary N) is 1. The van der Waals surface area contributed by atoms with Crippen molar-refractivity contribution in [2.24, 2.45) is 5.92 Å². The Bertz CT molecular complexity index is 402. The highest BCUT2D eigenvalue weighted by Crippen LogP contribution is 2.22. The maximum absolute atomic E-state index is 13.2. The lowest BCUT2D eigenvalue weighted by molar-refractivity contribution is -0.121. The summed E-state index contributed by atoms with van der Waals surface area (Å²) >= 11 is 5.80. The highest BCUT2D eigenvalue weighted by molar-refractivity contribution is 6.31. The van der Waals surface area contributed by atoms with Gasteiger partial charge in [0.1, 0.15) is 11.6 Å². The molecule has 0 aliphatic carbocycles. The number of carbonyl (C=O) groups excluding carboxylic acids is 1. The molecule has 16 heavy (non-hydrogen) atoms. The molecule has 1 aliphatic heterocycles. The molecule has 1 heterocycles. The molecule has 0 radical (unpaired) electrons. The van der Waals surface area contributed by atoms with Gasteiger partial charge in [0.2, 0.25) is 0 Å². The quantitative estimate of drug-likeness (QED) is 0.879. The smallest absolute Gasteiger partial charge is 0.142 e. The summed E-state index contributed by atoms with van der Waals surface area (Å²) in [4.78, 5) is 11.9. The van der Waals surface area contributed by atoms with Gasteiger partial charge in [-0.1, -0.05) is 23.7 Å². The SMILES string of the molecule is O=C(Cc1cccc(F)c1Cl)C1CCNC1. The maximum Gasteiger partial charge on any atom is 0.142 e. The Balaban J connectivity index is 2.08. The van der Waals surface area contributed by atoms with Crippen LogP contribution < -0.4 is 5.32 Å². The van der Waals surface area contributed by atoms with E-state index in [0.717, 1.165) is 19.5 Å². The second-order valence-electron chi connectivity index (χ2n) is 4.05. The third-order valence-electron chi connectivity index (χ3n) is 2.91. The molecule has 1 aliphatic rings. The number of ketones is 1. The molecule has 1 unspecified atom stereocenters. The van der Waals surface area contributed by atoms with Crippen molar-refractivity contribution in [2.75, 3.05) is 13.1 Å². The summed E-state index contributed by atoms with van der Waals surface area (Å²) in [6, 6.07) is 4.58. The normalized spacial score (nSPS) is 20.0. The van der Waals surface area contributed by atoms with E-state index in [1.165, 1.54) is 6.07 Å². The van der Waals surface area contributed by atoms with E-state index in [1.54, 1.807) is 12.1 Å². The molecular weight excluding hydrogens is 229 g/mol. The van der Waals surface area contributed by atoms with Crippen molar-refractivity contribution in [3.05, 3.63) is 34.6 Å². The van der Waals surface area contributed by atoms with Crippen molar-refractivity contribution in [3.8, 4) is 0 Å². The lowest BCUT2D eigenvalue weighted by Crippen LogP contribution is -2.19. The van der Waals surface area contributed by atoms with Gasteiger partial charge >= 0.3 is 0 Å². The lowest BCUT2D eigenvalue weighted by Gasteiger charge is -2.08. The number of benzene rings is 1. The zero-order valence-electron chi connectivity index (χ0n) is 8.80. The van der Waals surface area contributed by atoms with E-state index in [1.807, 2.05) is 0 Å². The molecule has 1 N–H and O–H groups in total. The summed E-state index contributed by atoms with van der Waals surface area (Å²) in [5.74, 6) is -0.270. The summed E-state index contributed by atoms with van der Waals surface area (Å²) in [5, 5.41) is 3.21. The summed E-state index contributed by atoms with van der Waals surface area (Å²) in [6.45, 7) is 1.61. The minimum absolute atomic E-state index is 0.0549. The van der Waals surface area contributed by atoms with Crippen LogP contribution in [0.2, 0.25) is 5.02 Å². The van der Waals surface area contributed by atoms with Crippen LogP contribution >= 0.6 is 11.6 Å². The molecule has 1 aromatic rings. The van der Waals surface area contributed by atoms with Crippen LogP contribution in [0.15, 0.2) is 18.2 Å². The van der Waals surface area contributed by atoms with Crippen LogP contribution in [-0.2, 0) is 11.2 Å². The van der Waals surface area contributed by atoms with Gasteiger partial charge in [0.25, 0.3) is 0 Å². The number of halogens is 2. The number of Topliss-reactive ketones (excluding diaryl/α,β-unsaturated/α-hetero) is 1. The Morgan fingerprint density at radius 3 is 3.06 bits per heavy atom. The standard InChI is InChI=1S/C12H13ClFNO/c13-12-8(2-1-3-10(12)14)6-11(16)9-4-5-15-7-9/h1-3,9,15H,4-7H2. The first-order valence-electron chi connectivity index (χ1n) is 5.35. The van der Waals surface area contributed by atoms with Gasteiger partial charge in [0, 0.05) is 18.9 Å². The molecule has 2 nitrogen and oxygen atoms in total. The third kappa shape index (κ3) is 2.42. The number of hydrogen-bond donors (Lipinski definition) is 1. The molecule has 86 valence electrons. The molecule has 1 saturated heterocycles. The van der Waals surface area contributed by atoms with Crippen LogP contribution in [-0.4, -0.2) is 18.9 Å². The zero-order chi connectivity index (χ0) is 11.5. The van der Waals surface area contributed by atoms with Crippen molar-refractivity contribution in [1.82, 2.24) is 5.32 Å². The summed E-state index contributed by atoms with van der Waals surface area (Å²) in [6.07, 6.45) is 1.09. The van der Waals surface area contributed by atoms with Crippen molar-refractivity contribution in [3.63, 3.8) is 0 Å². The van der Waals surface area contributed by atoms with Gasteiger partial charge < -0.3 is 5.32 Å². The van der Waals surface area contributed by atoms with Gasteiger partial charge in [0.05, 0.1) is 5.02 Å². The van der Waals surface area contributed by atoms with Gasteiger partial charge in [-0.15, -0.1) is 0 Å². The first-order chi connectivity index (χ1) is 7.68. The van der Waals surface area contributed by atoms with E-state index in [2.05, 4.69) is 5.32 Å². The van der Waals surface area contributed by atoms with Gasteiger partial charge in [-0.05, 0) is 24.6 Å². The summed E-state index contributed by atoms with van der Waals surface area (Å²) in [7, 11) is 0. The summed E-state index contributed by atoms with van der Waals surface area (Å²) in [5.41, 5.74) is 0.582. The fraction of sp³-hybridized carbons (Fsp3) is 0.417.